The molecular formula is C18H10N4S. The standard InChI is InChI=1S/C18H10N4S/c1-2-4-12-10-21-14(9-11(12)3-1)13-5-6-15-16(22-13)17-18(23-15)20-8-7-19-17/h1-10H. The average Bonchev–Trinajstić information content (AvgIpc) is 2.99. The highest BCUT2D eigenvalue weighted by atomic mass is 32.1. The van der Waals surface area contributed by atoms with Gasteiger partial charge in [-0.2, -0.15) is 0 Å². The molecule has 4 aromatic heterocycles. The lowest BCUT2D eigenvalue weighted by Crippen LogP contribution is -1.88. The highest BCUT2D eigenvalue weighted by Crippen LogP contribution is 2.31. The molecule has 0 spiro atoms. The van der Waals surface area contributed by atoms with Crippen LogP contribution in [0, 0.1) is 0 Å². The van der Waals surface area contributed by atoms with E-state index in [9.17, 15) is 0 Å². The second kappa shape index (κ2) is 4.79. The predicted molar refractivity (Wildman–Crippen MR) is 93.5 cm³/mol. The Morgan fingerprint density at radius 3 is 2.57 bits per heavy atom. The molecule has 23 heavy (non-hydrogen) atoms. The molecule has 4 nitrogen and oxygen atoms in total. The number of hydrogen-bond acceptors (Lipinski definition) is 5. The Balaban J connectivity index is 1.76. The Bertz CT molecular complexity index is 1180. The third kappa shape index (κ3) is 1.98. The van der Waals surface area contributed by atoms with Crippen LogP contribution >= 0.6 is 11.3 Å². The molecule has 1 aromatic carbocycles. The third-order valence-corrected chi connectivity index (χ3v) is 4.89. The van der Waals surface area contributed by atoms with Gasteiger partial charge in [-0.3, -0.25) is 4.98 Å². The van der Waals surface area contributed by atoms with Crippen molar-refractivity contribution in [3.63, 3.8) is 0 Å². The summed E-state index contributed by atoms with van der Waals surface area (Å²) >= 11 is 1.61. The van der Waals surface area contributed by atoms with Crippen LogP contribution in [0.2, 0.25) is 0 Å². The van der Waals surface area contributed by atoms with Crippen LogP contribution in [0.3, 0.4) is 0 Å². The van der Waals surface area contributed by atoms with Gasteiger partial charge >= 0.3 is 0 Å². The number of aromatic nitrogens is 4. The zero-order chi connectivity index (χ0) is 15.2. The third-order valence-electron chi connectivity index (χ3n) is 3.85. The first kappa shape index (κ1) is 12.6. The summed E-state index contributed by atoms with van der Waals surface area (Å²) < 4.78 is 1.09. The largest absolute Gasteiger partial charge is 0.254 e. The Morgan fingerprint density at radius 1 is 0.739 bits per heavy atom. The summed E-state index contributed by atoms with van der Waals surface area (Å²) in [6.07, 6.45) is 5.31. The lowest BCUT2D eigenvalue weighted by Gasteiger charge is -2.03. The van der Waals surface area contributed by atoms with Gasteiger partial charge in [-0.05, 0) is 23.6 Å². The molecule has 0 radical (unpaired) electrons. The minimum absolute atomic E-state index is 0.855. The Morgan fingerprint density at radius 2 is 1.61 bits per heavy atom. The topological polar surface area (TPSA) is 51.6 Å². The van der Waals surface area contributed by atoms with Gasteiger partial charge in [-0.1, -0.05) is 24.3 Å². The molecule has 0 saturated heterocycles. The molecule has 0 saturated carbocycles. The fourth-order valence-corrected chi connectivity index (χ4v) is 3.67. The Kier molecular flexibility index (Phi) is 2.63. The summed E-state index contributed by atoms with van der Waals surface area (Å²) in [4.78, 5) is 19.0. The number of hydrogen-bond donors (Lipinski definition) is 0. The Hall–Kier alpha value is -2.92. The van der Waals surface area contributed by atoms with E-state index in [2.05, 4.69) is 39.2 Å². The number of fused-ring (bicyclic) bond motifs is 4. The van der Waals surface area contributed by atoms with E-state index in [1.807, 2.05) is 24.4 Å². The highest BCUT2D eigenvalue weighted by Gasteiger charge is 2.10. The van der Waals surface area contributed by atoms with Crippen molar-refractivity contribution in [2.45, 2.75) is 0 Å². The fraction of sp³-hybridized carbons (Fsp3) is 0. The van der Waals surface area contributed by atoms with Crippen LogP contribution in [0.4, 0.5) is 0 Å². The Labute approximate surface area is 135 Å². The summed E-state index contributed by atoms with van der Waals surface area (Å²) in [7, 11) is 0. The monoisotopic (exact) mass is 314 g/mol. The number of rotatable bonds is 1. The molecule has 0 aliphatic rings. The summed E-state index contributed by atoms with van der Waals surface area (Å²) in [5, 5.41) is 2.29. The zero-order valence-electron chi connectivity index (χ0n) is 12.0. The van der Waals surface area contributed by atoms with Gasteiger partial charge < -0.3 is 0 Å². The van der Waals surface area contributed by atoms with Crippen LogP contribution in [0.5, 0.6) is 0 Å². The van der Waals surface area contributed by atoms with E-state index in [0.717, 1.165) is 42.7 Å². The molecule has 5 aromatic rings. The van der Waals surface area contributed by atoms with Crippen molar-refractivity contribution in [3.8, 4) is 11.4 Å². The van der Waals surface area contributed by atoms with E-state index < -0.39 is 0 Å². The van der Waals surface area contributed by atoms with Crippen LogP contribution in [0.25, 0.3) is 42.7 Å². The maximum Gasteiger partial charge on any atom is 0.144 e. The van der Waals surface area contributed by atoms with Crippen molar-refractivity contribution >= 4 is 42.7 Å². The first-order valence-electron chi connectivity index (χ1n) is 7.24. The van der Waals surface area contributed by atoms with Gasteiger partial charge in [0.15, 0.2) is 0 Å². The average molecular weight is 314 g/mol. The molecule has 0 fully saturated rings. The van der Waals surface area contributed by atoms with Gasteiger partial charge in [0.2, 0.25) is 0 Å². The van der Waals surface area contributed by atoms with E-state index in [1.165, 1.54) is 0 Å². The predicted octanol–water partition coefficient (Wildman–Crippen LogP) is 4.45. The van der Waals surface area contributed by atoms with Crippen LogP contribution in [-0.4, -0.2) is 19.9 Å². The van der Waals surface area contributed by atoms with Crippen LogP contribution in [0.1, 0.15) is 0 Å². The van der Waals surface area contributed by atoms with Gasteiger partial charge in [-0.25, -0.2) is 15.0 Å². The zero-order valence-corrected chi connectivity index (χ0v) is 12.8. The molecule has 0 atom stereocenters. The molecule has 0 aliphatic heterocycles. The molecule has 0 N–H and O–H groups in total. The van der Waals surface area contributed by atoms with Gasteiger partial charge in [0, 0.05) is 24.0 Å². The van der Waals surface area contributed by atoms with Crippen molar-refractivity contribution in [2.24, 2.45) is 0 Å². The molecular weight excluding hydrogens is 304 g/mol. The minimum Gasteiger partial charge on any atom is -0.254 e. The van der Waals surface area contributed by atoms with E-state index in [4.69, 9.17) is 4.98 Å². The number of nitrogens with zero attached hydrogens (tertiary/aromatic N) is 4. The lowest BCUT2D eigenvalue weighted by atomic mass is 10.1. The van der Waals surface area contributed by atoms with Crippen molar-refractivity contribution in [3.05, 3.63) is 61.1 Å². The van der Waals surface area contributed by atoms with E-state index in [0.29, 0.717) is 0 Å². The SMILES string of the molecule is c1ccc2cc(-c3ccc4sc5nccnc5c4n3)ncc2c1. The summed E-state index contributed by atoms with van der Waals surface area (Å²) in [6.45, 7) is 0. The highest BCUT2D eigenvalue weighted by molar-refractivity contribution is 7.25. The van der Waals surface area contributed by atoms with Crippen molar-refractivity contribution in [1.82, 2.24) is 19.9 Å². The van der Waals surface area contributed by atoms with Crippen molar-refractivity contribution < 1.29 is 0 Å². The quantitative estimate of drug-likeness (QED) is 0.458. The molecule has 0 aliphatic carbocycles. The molecule has 5 rings (SSSR count). The lowest BCUT2D eigenvalue weighted by molar-refractivity contribution is 1.29. The number of thiophene rings is 1. The van der Waals surface area contributed by atoms with Gasteiger partial charge in [0.25, 0.3) is 0 Å². The van der Waals surface area contributed by atoms with E-state index >= 15 is 0 Å². The van der Waals surface area contributed by atoms with E-state index in [-0.39, 0.29) is 0 Å². The van der Waals surface area contributed by atoms with E-state index in [1.54, 1.807) is 23.7 Å². The number of pyridine rings is 2. The molecule has 0 bridgehead atoms. The second-order valence-corrected chi connectivity index (χ2v) is 6.30. The van der Waals surface area contributed by atoms with Crippen LogP contribution in [-0.2, 0) is 0 Å². The van der Waals surface area contributed by atoms with Gasteiger partial charge in [-0.15, -0.1) is 11.3 Å². The van der Waals surface area contributed by atoms with Crippen molar-refractivity contribution in [2.75, 3.05) is 0 Å². The second-order valence-electron chi connectivity index (χ2n) is 5.27. The van der Waals surface area contributed by atoms with Crippen LogP contribution in [0.15, 0.2) is 61.1 Å². The maximum absolute atomic E-state index is 4.79. The van der Waals surface area contributed by atoms with Gasteiger partial charge in [0.1, 0.15) is 15.9 Å². The van der Waals surface area contributed by atoms with Crippen LogP contribution < -0.4 is 0 Å². The first-order valence-corrected chi connectivity index (χ1v) is 8.05. The summed E-state index contributed by atoms with van der Waals surface area (Å²) in [5.41, 5.74) is 3.48. The molecule has 0 unspecified atom stereocenters. The molecule has 4 heterocycles. The molecule has 5 heteroatoms. The normalized spacial score (nSPS) is 11.5. The van der Waals surface area contributed by atoms with Gasteiger partial charge in [0.05, 0.1) is 16.1 Å². The maximum atomic E-state index is 4.79. The number of benzene rings is 1. The summed E-state index contributed by atoms with van der Waals surface area (Å²) in [6, 6.07) is 14.4. The first-order chi connectivity index (χ1) is 11.4. The molecule has 0 amide bonds. The minimum atomic E-state index is 0.855. The summed E-state index contributed by atoms with van der Waals surface area (Å²) in [5.74, 6) is 0. The molecule has 108 valence electrons. The fourth-order valence-electron chi connectivity index (χ4n) is 2.73. The van der Waals surface area contributed by atoms with Crippen molar-refractivity contribution in [1.29, 1.82) is 0 Å². The smallest absolute Gasteiger partial charge is 0.144 e.